The molecule has 2 aromatic carbocycles. The van der Waals surface area contributed by atoms with Crippen molar-refractivity contribution >= 4 is 22.5 Å². The van der Waals surface area contributed by atoms with Gasteiger partial charge in [0, 0.05) is 11.8 Å². The van der Waals surface area contributed by atoms with E-state index in [0.29, 0.717) is 26.1 Å². The summed E-state index contributed by atoms with van der Waals surface area (Å²) in [5.41, 5.74) is 0.569. The van der Waals surface area contributed by atoms with Crippen LogP contribution in [-0.4, -0.2) is 69.8 Å². The minimum Gasteiger partial charge on any atom is -0.399 e. The van der Waals surface area contributed by atoms with Gasteiger partial charge in [0.05, 0.1) is 44.1 Å². The molecular formula is C33H52N2O8S. The first-order chi connectivity index (χ1) is 20.7. The van der Waals surface area contributed by atoms with E-state index >= 15 is 0 Å². The summed E-state index contributed by atoms with van der Waals surface area (Å²) in [5.74, 6) is -0.352. The lowest BCUT2D eigenvalue weighted by molar-refractivity contribution is -0.0656. The number of aliphatic hydroxyl groups excluding tert-OH is 1. The van der Waals surface area contributed by atoms with Gasteiger partial charge in [0.25, 0.3) is 10.1 Å². The summed E-state index contributed by atoms with van der Waals surface area (Å²) in [6.45, 7) is 12.3. The van der Waals surface area contributed by atoms with Crippen molar-refractivity contribution in [2.45, 2.75) is 91.0 Å². The van der Waals surface area contributed by atoms with E-state index in [1.807, 2.05) is 102 Å². The van der Waals surface area contributed by atoms with Gasteiger partial charge in [-0.1, -0.05) is 98.7 Å². The quantitative estimate of drug-likeness (QED) is 0.120. The molecule has 0 spiro atoms. The van der Waals surface area contributed by atoms with Crippen LogP contribution >= 0.6 is 0 Å². The molecule has 0 unspecified atom stereocenters. The first kappa shape index (κ1) is 39.2. The molecule has 2 aromatic rings. The lowest BCUT2D eigenvalue weighted by Crippen LogP contribution is -2.45. The molecule has 2 rings (SSSR count). The summed E-state index contributed by atoms with van der Waals surface area (Å²) < 4.78 is 40.3. The van der Waals surface area contributed by atoms with Gasteiger partial charge in [-0.2, -0.15) is 8.42 Å². The summed E-state index contributed by atoms with van der Waals surface area (Å²) >= 11 is 0. The SMILES string of the molecule is CC[C@@H](O)[C@@H](C)[C@](C)(/C=N/OC)OCc1ccccc1.CC[C@@H](OS(C)(=O)=O)[C@@H](C)[C@](C)(/C=N/OC)OCc1ccccc1. The minimum atomic E-state index is -3.56. The third-order valence-corrected chi connectivity index (χ3v) is 8.27. The van der Waals surface area contributed by atoms with Crippen LogP contribution in [0.5, 0.6) is 0 Å². The normalized spacial score (nSPS) is 17.5. The lowest BCUT2D eigenvalue weighted by atomic mass is 9.85. The van der Waals surface area contributed by atoms with Crippen molar-refractivity contribution in [2.75, 3.05) is 20.5 Å². The number of benzene rings is 2. The number of oxime groups is 2. The summed E-state index contributed by atoms with van der Waals surface area (Å²) in [7, 11) is -0.617. The number of hydrogen-bond acceptors (Lipinski definition) is 10. The Morgan fingerprint density at radius 1 is 0.773 bits per heavy atom. The molecule has 0 aromatic heterocycles. The average Bonchev–Trinajstić information content (AvgIpc) is 3.03. The van der Waals surface area contributed by atoms with Gasteiger partial charge in [0.2, 0.25) is 0 Å². The second kappa shape index (κ2) is 19.5. The fourth-order valence-electron chi connectivity index (χ4n) is 4.35. The van der Waals surface area contributed by atoms with E-state index < -0.39 is 33.5 Å². The average molecular weight is 637 g/mol. The lowest BCUT2D eigenvalue weighted by Gasteiger charge is -2.36. The standard InChI is InChI=1S/C17H27NO5S.C16H25NO3/c1-6-16(23-24(5,19)20)14(2)17(3,13-18-21-4)22-12-15-10-8-7-9-11-15;1-5-15(18)13(2)16(3,12-17-19-4)20-11-14-9-7-6-8-10-14/h7-11,13-14,16H,6,12H2,1-5H3;6-10,12-13,15,18H,5,11H2,1-4H3/b18-13+;17-12+/t14-,16-,17+;13-,15-,16+/m11/s1. The van der Waals surface area contributed by atoms with Gasteiger partial charge in [0.15, 0.2) is 0 Å². The van der Waals surface area contributed by atoms with E-state index in [9.17, 15) is 13.5 Å². The second-order valence-electron chi connectivity index (χ2n) is 11.1. The Morgan fingerprint density at radius 3 is 1.52 bits per heavy atom. The Labute approximate surface area is 264 Å². The van der Waals surface area contributed by atoms with Crippen LogP contribution in [0.3, 0.4) is 0 Å². The Bertz CT molecular complexity index is 1210. The third-order valence-electron chi connectivity index (χ3n) is 7.68. The van der Waals surface area contributed by atoms with Crippen LogP contribution in [0.15, 0.2) is 71.0 Å². The molecular weight excluding hydrogens is 584 g/mol. The van der Waals surface area contributed by atoms with E-state index in [4.69, 9.17) is 23.3 Å². The van der Waals surface area contributed by atoms with Crippen LogP contribution in [0, 0.1) is 11.8 Å². The van der Waals surface area contributed by atoms with Gasteiger partial charge in [-0.05, 0) is 37.8 Å². The van der Waals surface area contributed by atoms with Gasteiger partial charge in [-0.15, -0.1) is 0 Å². The fourth-order valence-corrected chi connectivity index (χ4v) is 5.10. The molecule has 11 heteroatoms. The molecule has 0 amide bonds. The maximum absolute atomic E-state index is 11.5. The molecule has 6 atom stereocenters. The molecule has 0 aliphatic carbocycles. The molecule has 0 aliphatic rings. The molecule has 0 bridgehead atoms. The van der Waals surface area contributed by atoms with Gasteiger partial charge >= 0.3 is 0 Å². The first-order valence-electron chi connectivity index (χ1n) is 14.8. The van der Waals surface area contributed by atoms with E-state index in [1.165, 1.54) is 14.2 Å². The van der Waals surface area contributed by atoms with Crippen LogP contribution in [0.1, 0.15) is 65.5 Å². The van der Waals surface area contributed by atoms with Crippen molar-refractivity contribution < 1.29 is 36.9 Å². The Hall–Kier alpha value is -2.83. The Morgan fingerprint density at radius 2 is 1.18 bits per heavy atom. The number of nitrogens with zero attached hydrogens (tertiary/aromatic N) is 2. The van der Waals surface area contributed by atoms with Crippen molar-refractivity contribution in [3.63, 3.8) is 0 Å². The number of rotatable bonds is 18. The van der Waals surface area contributed by atoms with Crippen molar-refractivity contribution in [1.82, 2.24) is 0 Å². The second-order valence-corrected chi connectivity index (χ2v) is 12.7. The highest BCUT2D eigenvalue weighted by Gasteiger charge is 2.38. The van der Waals surface area contributed by atoms with Gasteiger partial charge < -0.3 is 24.3 Å². The molecule has 10 nitrogen and oxygen atoms in total. The molecule has 0 saturated heterocycles. The van der Waals surface area contributed by atoms with E-state index in [1.54, 1.807) is 12.4 Å². The maximum atomic E-state index is 11.5. The highest BCUT2D eigenvalue weighted by Crippen LogP contribution is 2.29. The van der Waals surface area contributed by atoms with Crippen LogP contribution in [-0.2, 0) is 46.7 Å². The van der Waals surface area contributed by atoms with E-state index in [0.717, 1.165) is 17.4 Å². The molecule has 0 saturated carbocycles. The van der Waals surface area contributed by atoms with Crippen LogP contribution in [0.4, 0.5) is 0 Å². The highest BCUT2D eigenvalue weighted by molar-refractivity contribution is 7.86. The summed E-state index contributed by atoms with van der Waals surface area (Å²) in [4.78, 5) is 9.55. The number of aliphatic hydroxyl groups is 1. The molecule has 248 valence electrons. The van der Waals surface area contributed by atoms with Crippen molar-refractivity contribution in [3.05, 3.63) is 71.8 Å². The van der Waals surface area contributed by atoms with Gasteiger partial charge in [-0.25, -0.2) is 0 Å². The highest BCUT2D eigenvalue weighted by atomic mass is 32.2. The first-order valence-corrected chi connectivity index (χ1v) is 16.6. The molecule has 1 N–H and O–H groups in total. The minimum absolute atomic E-state index is 0.0879. The zero-order valence-corrected chi connectivity index (χ0v) is 28.5. The zero-order valence-electron chi connectivity index (χ0n) is 27.7. The molecule has 0 fully saturated rings. The molecule has 0 heterocycles. The predicted octanol–water partition coefficient (Wildman–Crippen LogP) is 5.99. The van der Waals surface area contributed by atoms with E-state index in [2.05, 4.69) is 10.3 Å². The largest absolute Gasteiger partial charge is 0.399 e. The zero-order chi connectivity index (χ0) is 33.2. The topological polar surface area (TPSA) is 125 Å². The van der Waals surface area contributed by atoms with Crippen LogP contribution < -0.4 is 0 Å². The Balaban J connectivity index is 0.000000447. The summed E-state index contributed by atoms with van der Waals surface area (Å²) in [5, 5.41) is 17.7. The van der Waals surface area contributed by atoms with Crippen molar-refractivity contribution in [1.29, 1.82) is 0 Å². The Kier molecular flexibility index (Phi) is 17.4. The maximum Gasteiger partial charge on any atom is 0.264 e. The summed E-state index contributed by atoms with van der Waals surface area (Å²) in [6.07, 6.45) is 4.46. The smallest absolute Gasteiger partial charge is 0.264 e. The third kappa shape index (κ3) is 13.9. The van der Waals surface area contributed by atoms with Gasteiger partial charge in [-0.3, -0.25) is 4.18 Å². The van der Waals surface area contributed by atoms with Crippen LogP contribution in [0.25, 0.3) is 0 Å². The summed E-state index contributed by atoms with van der Waals surface area (Å²) in [6, 6.07) is 19.7. The monoisotopic (exact) mass is 636 g/mol. The molecule has 44 heavy (non-hydrogen) atoms. The van der Waals surface area contributed by atoms with E-state index in [-0.39, 0.29) is 11.8 Å². The van der Waals surface area contributed by atoms with Gasteiger partial charge in [0.1, 0.15) is 25.4 Å². The fraction of sp³-hybridized carbons (Fsp3) is 0.576. The van der Waals surface area contributed by atoms with Crippen molar-refractivity contribution in [2.24, 2.45) is 22.1 Å². The van der Waals surface area contributed by atoms with Crippen LogP contribution in [0.2, 0.25) is 0 Å². The molecule has 0 aliphatic heterocycles. The number of ether oxygens (including phenoxy) is 2. The predicted molar refractivity (Wildman–Crippen MR) is 175 cm³/mol. The number of hydrogen-bond donors (Lipinski definition) is 1. The molecule has 0 radical (unpaired) electrons. The van der Waals surface area contributed by atoms with Crippen molar-refractivity contribution in [3.8, 4) is 0 Å².